The molecular weight excluding hydrogens is 314 g/mol. The predicted molar refractivity (Wildman–Crippen MR) is 101 cm³/mol. The van der Waals surface area contributed by atoms with Crippen LogP contribution in [0.25, 0.3) is 17.2 Å². The van der Waals surface area contributed by atoms with Crippen molar-refractivity contribution in [3.05, 3.63) is 95.4 Å². The van der Waals surface area contributed by atoms with Gasteiger partial charge in [0.1, 0.15) is 0 Å². The van der Waals surface area contributed by atoms with Crippen molar-refractivity contribution in [1.29, 1.82) is 4.78 Å². The van der Waals surface area contributed by atoms with Crippen molar-refractivity contribution in [2.45, 2.75) is 11.8 Å². The van der Waals surface area contributed by atoms with Crippen molar-refractivity contribution in [2.75, 3.05) is 0 Å². The minimum Gasteiger partial charge on any atom is -0.245 e. The van der Waals surface area contributed by atoms with Gasteiger partial charge in [-0.2, -0.15) is 0 Å². The standard InChI is InChI=1S/C21H19NOS/c1-17-7-13-21(14-8-17)24(22,23)16-15-18-9-11-20(12-10-18)19-5-3-2-4-6-19/h2-16,22H,1H3/b16-15+. The van der Waals surface area contributed by atoms with Crippen molar-refractivity contribution in [2.24, 2.45) is 0 Å². The number of aryl methyl sites for hydroxylation is 1. The number of benzene rings is 3. The molecule has 1 N–H and O–H groups in total. The monoisotopic (exact) mass is 333 g/mol. The van der Waals surface area contributed by atoms with Gasteiger partial charge in [-0.05, 0) is 41.8 Å². The minimum atomic E-state index is -2.92. The first-order chi connectivity index (χ1) is 11.5. The summed E-state index contributed by atoms with van der Waals surface area (Å²) in [6, 6.07) is 25.5. The van der Waals surface area contributed by atoms with Gasteiger partial charge in [0.05, 0.1) is 14.6 Å². The molecule has 3 rings (SSSR count). The molecule has 3 aromatic rings. The largest absolute Gasteiger partial charge is 0.245 e. The van der Waals surface area contributed by atoms with E-state index in [0.717, 1.165) is 22.3 Å². The maximum atomic E-state index is 12.5. The molecule has 0 radical (unpaired) electrons. The van der Waals surface area contributed by atoms with Gasteiger partial charge in [-0.25, -0.2) is 8.99 Å². The third-order valence-corrected chi connectivity index (χ3v) is 5.33. The zero-order chi connectivity index (χ0) is 17.0. The van der Waals surface area contributed by atoms with Crippen molar-refractivity contribution in [1.82, 2.24) is 0 Å². The Morgan fingerprint density at radius 3 is 2.00 bits per heavy atom. The zero-order valence-corrected chi connectivity index (χ0v) is 14.3. The van der Waals surface area contributed by atoms with Crippen molar-refractivity contribution >= 4 is 15.8 Å². The van der Waals surface area contributed by atoms with Crippen molar-refractivity contribution in [3.63, 3.8) is 0 Å². The summed E-state index contributed by atoms with van der Waals surface area (Å²) in [7, 11) is -2.92. The van der Waals surface area contributed by atoms with Crippen LogP contribution in [-0.2, 0) is 9.73 Å². The Morgan fingerprint density at radius 2 is 1.38 bits per heavy atom. The lowest BCUT2D eigenvalue weighted by Crippen LogP contribution is -1.93. The molecule has 0 saturated heterocycles. The second-order valence-electron chi connectivity index (χ2n) is 5.70. The van der Waals surface area contributed by atoms with Crippen molar-refractivity contribution < 1.29 is 4.21 Å². The molecule has 2 nitrogen and oxygen atoms in total. The first-order valence-electron chi connectivity index (χ1n) is 7.74. The second-order valence-corrected chi connectivity index (χ2v) is 7.65. The number of hydrogen-bond donors (Lipinski definition) is 1. The quantitative estimate of drug-likeness (QED) is 0.650. The zero-order valence-electron chi connectivity index (χ0n) is 13.5. The normalized spacial score (nSPS) is 13.7. The molecule has 0 aliphatic carbocycles. The summed E-state index contributed by atoms with van der Waals surface area (Å²) in [5.74, 6) is 0. The summed E-state index contributed by atoms with van der Waals surface area (Å²) in [6.45, 7) is 1.97. The van der Waals surface area contributed by atoms with E-state index in [0.29, 0.717) is 4.90 Å². The molecule has 120 valence electrons. The van der Waals surface area contributed by atoms with Crippen LogP contribution in [0.5, 0.6) is 0 Å². The molecule has 0 bridgehead atoms. The Kier molecular flexibility index (Phi) is 4.63. The molecular formula is C21H19NOS. The van der Waals surface area contributed by atoms with Gasteiger partial charge >= 0.3 is 0 Å². The summed E-state index contributed by atoms with van der Waals surface area (Å²) in [5.41, 5.74) is 4.33. The van der Waals surface area contributed by atoms with E-state index in [2.05, 4.69) is 12.1 Å². The summed E-state index contributed by atoms with van der Waals surface area (Å²) in [6.07, 6.45) is 1.75. The van der Waals surface area contributed by atoms with Crippen LogP contribution in [0.2, 0.25) is 0 Å². The van der Waals surface area contributed by atoms with Crippen LogP contribution in [0.3, 0.4) is 0 Å². The van der Waals surface area contributed by atoms with Gasteiger partial charge in [-0.3, -0.25) is 0 Å². The van der Waals surface area contributed by atoms with E-state index in [-0.39, 0.29) is 0 Å². The first-order valence-corrected chi connectivity index (χ1v) is 9.36. The van der Waals surface area contributed by atoms with Crippen LogP contribution >= 0.6 is 0 Å². The first kappa shape index (κ1) is 16.2. The average Bonchev–Trinajstić information content (AvgIpc) is 2.62. The van der Waals surface area contributed by atoms with E-state index in [9.17, 15) is 4.21 Å². The van der Waals surface area contributed by atoms with Crippen LogP contribution in [0.15, 0.2) is 89.2 Å². The smallest absolute Gasteiger partial charge is 0.0943 e. The van der Waals surface area contributed by atoms with E-state index >= 15 is 0 Å². The Morgan fingerprint density at radius 1 is 0.792 bits per heavy atom. The molecule has 0 spiro atoms. The third-order valence-electron chi connectivity index (χ3n) is 3.84. The lowest BCUT2D eigenvalue weighted by molar-refractivity contribution is 0.681. The molecule has 0 fully saturated rings. The Labute approximate surface area is 143 Å². The number of rotatable bonds is 4. The Hall–Kier alpha value is -2.65. The summed E-state index contributed by atoms with van der Waals surface area (Å²) < 4.78 is 20.6. The van der Waals surface area contributed by atoms with E-state index < -0.39 is 9.73 Å². The van der Waals surface area contributed by atoms with Crippen molar-refractivity contribution in [3.8, 4) is 11.1 Å². The molecule has 0 heterocycles. The topological polar surface area (TPSA) is 40.9 Å². The third kappa shape index (κ3) is 3.81. The fraction of sp³-hybridized carbons (Fsp3) is 0.0476. The molecule has 0 saturated carbocycles. The van der Waals surface area contributed by atoms with Gasteiger partial charge in [0.25, 0.3) is 0 Å². The van der Waals surface area contributed by atoms with Gasteiger partial charge in [0.15, 0.2) is 0 Å². The molecule has 1 atom stereocenters. The molecule has 3 aromatic carbocycles. The van der Waals surface area contributed by atoms with Crippen LogP contribution in [-0.4, -0.2) is 4.21 Å². The van der Waals surface area contributed by atoms with Gasteiger partial charge < -0.3 is 0 Å². The summed E-state index contributed by atoms with van der Waals surface area (Å²) in [4.78, 5) is 0.533. The predicted octanol–water partition coefficient (Wildman–Crippen LogP) is 5.74. The Balaban J connectivity index is 1.80. The summed E-state index contributed by atoms with van der Waals surface area (Å²) >= 11 is 0. The maximum absolute atomic E-state index is 12.5. The highest BCUT2D eigenvalue weighted by molar-refractivity contribution is 7.95. The Bertz CT molecular complexity index is 939. The number of nitrogens with one attached hydrogen (secondary N) is 1. The van der Waals surface area contributed by atoms with Crippen LogP contribution in [0.1, 0.15) is 11.1 Å². The average molecular weight is 333 g/mol. The fourth-order valence-electron chi connectivity index (χ4n) is 2.41. The molecule has 3 heteroatoms. The van der Waals surface area contributed by atoms with Crippen LogP contribution in [0.4, 0.5) is 0 Å². The highest BCUT2D eigenvalue weighted by atomic mass is 32.2. The van der Waals surface area contributed by atoms with Gasteiger partial charge in [0.2, 0.25) is 0 Å². The molecule has 1 unspecified atom stereocenters. The summed E-state index contributed by atoms with van der Waals surface area (Å²) in [5, 5.41) is 1.48. The number of hydrogen-bond acceptors (Lipinski definition) is 2. The van der Waals surface area contributed by atoms with Crippen LogP contribution < -0.4 is 0 Å². The van der Waals surface area contributed by atoms with Gasteiger partial charge in [-0.15, -0.1) is 0 Å². The molecule has 0 aliphatic heterocycles. The molecule has 24 heavy (non-hydrogen) atoms. The highest BCUT2D eigenvalue weighted by Crippen LogP contribution is 2.20. The van der Waals surface area contributed by atoms with E-state index in [1.807, 2.05) is 61.5 Å². The lowest BCUT2D eigenvalue weighted by atomic mass is 10.0. The molecule has 0 amide bonds. The second kappa shape index (κ2) is 6.85. The fourth-order valence-corrected chi connectivity index (χ4v) is 3.46. The maximum Gasteiger partial charge on any atom is 0.0943 e. The molecule has 0 aromatic heterocycles. The SMILES string of the molecule is Cc1ccc(S(=N)(=O)/C=C/c2ccc(-c3ccccc3)cc2)cc1. The van der Waals surface area contributed by atoms with Gasteiger partial charge in [-0.1, -0.05) is 72.3 Å². The lowest BCUT2D eigenvalue weighted by Gasteiger charge is -2.04. The molecule has 0 aliphatic rings. The minimum absolute atomic E-state index is 0.533. The highest BCUT2D eigenvalue weighted by Gasteiger charge is 2.05. The van der Waals surface area contributed by atoms with Gasteiger partial charge in [0, 0.05) is 5.41 Å². The van der Waals surface area contributed by atoms with E-state index in [1.165, 1.54) is 5.41 Å². The van der Waals surface area contributed by atoms with E-state index in [1.54, 1.807) is 18.2 Å². The van der Waals surface area contributed by atoms with Crippen LogP contribution in [0, 0.1) is 11.7 Å². The van der Waals surface area contributed by atoms with E-state index in [4.69, 9.17) is 4.78 Å².